The molecular formula is C19H18N2O4. The number of nitrogens with one attached hydrogen (secondary N) is 1. The normalized spacial score (nSPS) is 10.3. The van der Waals surface area contributed by atoms with Gasteiger partial charge >= 0.3 is 0 Å². The Bertz CT molecular complexity index is 831. The number of methoxy groups -OCH3 is 1. The third-order valence-corrected chi connectivity index (χ3v) is 3.50. The lowest BCUT2D eigenvalue weighted by Gasteiger charge is -2.09. The first-order valence-corrected chi connectivity index (χ1v) is 7.76. The first-order valence-electron chi connectivity index (χ1n) is 7.76. The summed E-state index contributed by atoms with van der Waals surface area (Å²) in [5, 5.41) is 2.80. The maximum atomic E-state index is 12.0. The number of rotatable bonds is 7. The van der Waals surface area contributed by atoms with Crippen LogP contribution in [0.15, 0.2) is 65.5 Å². The molecule has 0 aliphatic carbocycles. The highest BCUT2D eigenvalue weighted by molar-refractivity contribution is 5.77. The predicted octanol–water partition coefficient (Wildman–Crippen LogP) is 3.05. The Morgan fingerprint density at radius 3 is 2.84 bits per heavy atom. The molecule has 6 nitrogen and oxygen atoms in total. The van der Waals surface area contributed by atoms with E-state index in [2.05, 4.69) is 10.3 Å². The monoisotopic (exact) mass is 338 g/mol. The molecule has 1 aromatic carbocycles. The first-order chi connectivity index (χ1) is 12.2. The minimum atomic E-state index is -0.216. The highest BCUT2D eigenvalue weighted by Gasteiger charge is 2.06. The van der Waals surface area contributed by atoms with Crippen molar-refractivity contribution in [2.75, 3.05) is 13.7 Å². The molecule has 0 spiro atoms. The molecule has 2 heterocycles. The van der Waals surface area contributed by atoms with Gasteiger partial charge in [0.2, 0.25) is 0 Å². The van der Waals surface area contributed by atoms with Crippen LogP contribution >= 0.6 is 0 Å². The van der Waals surface area contributed by atoms with Crippen LogP contribution < -0.4 is 14.8 Å². The molecule has 3 rings (SSSR count). The van der Waals surface area contributed by atoms with Gasteiger partial charge in [0, 0.05) is 30.6 Å². The van der Waals surface area contributed by atoms with Crippen LogP contribution in [-0.2, 0) is 11.3 Å². The molecule has 128 valence electrons. The van der Waals surface area contributed by atoms with Crippen molar-refractivity contribution in [1.29, 1.82) is 0 Å². The van der Waals surface area contributed by atoms with Crippen molar-refractivity contribution < 1.29 is 18.7 Å². The summed E-state index contributed by atoms with van der Waals surface area (Å²) in [6, 6.07) is 12.7. The number of amides is 1. The van der Waals surface area contributed by atoms with E-state index in [0.29, 0.717) is 18.0 Å². The number of aromatic nitrogens is 1. The van der Waals surface area contributed by atoms with E-state index < -0.39 is 0 Å². The quantitative estimate of drug-likeness (QED) is 0.717. The lowest BCUT2D eigenvalue weighted by atomic mass is 10.1. The van der Waals surface area contributed by atoms with Gasteiger partial charge in [0.05, 0.1) is 13.4 Å². The Kier molecular flexibility index (Phi) is 5.31. The van der Waals surface area contributed by atoms with Crippen molar-refractivity contribution in [3.05, 3.63) is 66.7 Å². The van der Waals surface area contributed by atoms with Crippen molar-refractivity contribution in [1.82, 2.24) is 10.3 Å². The van der Waals surface area contributed by atoms with E-state index in [1.54, 1.807) is 44.0 Å². The van der Waals surface area contributed by atoms with E-state index in [4.69, 9.17) is 13.9 Å². The van der Waals surface area contributed by atoms with Crippen molar-refractivity contribution in [3.8, 4) is 22.8 Å². The number of hydrogen-bond donors (Lipinski definition) is 1. The zero-order chi connectivity index (χ0) is 17.5. The highest BCUT2D eigenvalue weighted by atomic mass is 16.5. The zero-order valence-corrected chi connectivity index (χ0v) is 13.8. The summed E-state index contributed by atoms with van der Waals surface area (Å²) in [5.41, 5.74) is 1.74. The molecule has 0 bridgehead atoms. The molecule has 0 saturated heterocycles. The minimum absolute atomic E-state index is 0.0710. The first kappa shape index (κ1) is 16.6. The summed E-state index contributed by atoms with van der Waals surface area (Å²) in [6.45, 7) is 0.292. The lowest BCUT2D eigenvalue weighted by Crippen LogP contribution is -2.28. The van der Waals surface area contributed by atoms with Crippen molar-refractivity contribution in [3.63, 3.8) is 0 Å². The van der Waals surface area contributed by atoms with Gasteiger partial charge < -0.3 is 19.2 Å². The summed E-state index contributed by atoms with van der Waals surface area (Å²) < 4.78 is 15.9. The second kappa shape index (κ2) is 8.01. The van der Waals surface area contributed by atoms with Crippen LogP contribution in [0, 0.1) is 0 Å². The number of nitrogens with zero attached hydrogens (tertiary/aromatic N) is 1. The Morgan fingerprint density at radius 2 is 2.04 bits per heavy atom. The van der Waals surface area contributed by atoms with E-state index in [1.165, 1.54) is 0 Å². The van der Waals surface area contributed by atoms with Crippen molar-refractivity contribution in [2.45, 2.75) is 6.54 Å². The van der Waals surface area contributed by atoms with Gasteiger partial charge in [-0.25, -0.2) is 0 Å². The summed E-state index contributed by atoms with van der Waals surface area (Å²) in [6.07, 6.45) is 5.03. The predicted molar refractivity (Wildman–Crippen MR) is 92.3 cm³/mol. The molecule has 0 radical (unpaired) electrons. The standard InChI is InChI=1S/C19H18N2O4/c1-23-16-4-2-5-17(9-16)25-13-19(22)21-11-14-8-15(12-20-10-14)18-6-3-7-24-18/h2-10,12H,11,13H2,1H3,(H,21,22). The van der Waals surface area contributed by atoms with Gasteiger partial charge in [0.1, 0.15) is 17.3 Å². The molecule has 1 amide bonds. The molecule has 0 unspecified atom stereocenters. The third-order valence-electron chi connectivity index (χ3n) is 3.50. The van der Waals surface area contributed by atoms with Gasteiger partial charge in [0.25, 0.3) is 5.91 Å². The van der Waals surface area contributed by atoms with Gasteiger partial charge in [-0.3, -0.25) is 9.78 Å². The minimum Gasteiger partial charge on any atom is -0.497 e. The van der Waals surface area contributed by atoms with Crippen LogP contribution in [-0.4, -0.2) is 24.6 Å². The van der Waals surface area contributed by atoms with Crippen LogP contribution in [0.5, 0.6) is 11.5 Å². The number of hydrogen-bond acceptors (Lipinski definition) is 5. The number of ether oxygens (including phenoxy) is 2. The zero-order valence-electron chi connectivity index (χ0n) is 13.8. The summed E-state index contributed by atoms with van der Waals surface area (Å²) in [4.78, 5) is 16.1. The number of furan rings is 1. The summed E-state index contributed by atoms with van der Waals surface area (Å²) in [5.74, 6) is 1.78. The molecule has 0 aliphatic heterocycles. The van der Waals surface area contributed by atoms with Crippen molar-refractivity contribution in [2.24, 2.45) is 0 Å². The van der Waals surface area contributed by atoms with E-state index in [0.717, 1.165) is 16.9 Å². The third kappa shape index (κ3) is 4.60. The molecule has 0 fully saturated rings. The van der Waals surface area contributed by atoms with Gasteiger partial charge in [-0.05, 0) is 35.9 Å². The molecule has 0 aliphatic rings. The molecule has 25 heavy (non-hydrogen) atoms. The number of benzene rings is 1. The van der Waals surface area contributed by atoms with Gasteiger partial charge in [-0.1, -0.05) is 6.07 Å². The Hall–Kier alpha value is -3.28. The Balaban J connectivity index is 1.51. The average molecular weight is 338 g/mol. The van der Waals surface area contributed by atoms with E-state index in [1.807, 2.05) is 24.3 Å². The fourth-order valence-corrected chi connectivity index (χ4v) is 2.25. The maximum Gasteiger partial charge on any atom is 0.258 e. The maximum absolute atomic E-state index is 12.0. The molecule has 0 saturated carbocycles. The van der Waals surface area contributed by atoms with Crippen LogP contribution in [0.25, 0.3) is 11.3 Å². The lowest BCUT2D eigenvalue weighted by molar-refractivity contribution is -0.123. The van der Waals surface area contributed by atoms with Crippen LogP contribution in [0.1, 0.15) is 5.56 Å². The summed E-state index contributed by atoms with van der Waals surface area (Å²) in [7, 11) is 1.58. The fraction of sp³-hybridized carbons (Fsp3) is 0.158. The number of carbonyl (C=O) groups excluding carboxylic acids is 1. The molecule has 1 N–H and O–H groups in total. The largest absolute Gasteiger partial charge is 0.497 e. The molecule has 2 aromatic heterocycles. The summed E-state index contributed by atoms with van der Waals surface area (Å²) >= 11 is 0. The van der Waals surface area contributed by atoms with Crippen LogP contribution in [0.2, 0.25) is 0 Å². The van der Waals surface area contributed by atoms with Gasteiger partial charge in [-0.2, -0.15) is 0 Å². The smallest absolute Gasteiger partial charge is 0.258 e. The van der Waals surface area contributed by atoms with Gasteiger partial charge in [0.15, 0.2) is 6.61 Å². The highest BCUT2D eigenvalue weighted by Crippen LogP contribution is 2.20. The topological polar surface area (TPSA) is 73.6 Å². The van der Waals surface area contributed by atoms with Gasteiger partial charge in [-0.15, -0.1) is 0 Å². The Labute approximate surface area is 145 Å². The fourth-order valence-electron chi connectivity index (χ4n) is 2.25. The van der Waals surface area contributed by atoms with Crippen LogP contribution in [0.3, 0.4) is 0 Å². The van der Waals surface area contributed by atoms with Crippen molar-refractivity contribution >= 4 is 5.91 Å². The van der Waals surface area contributed by atoms with E-state index in [9.17, 15) is 4.79 Å². The second-order valence-electron chi connectivity index (χ2n) is 5.30. The molecule has 6 heteroatoms. The SMILES string of the molecule is COc1cccc(OCC(=O)NCc2cncc(-c3ccco3)c2)c1. The number of pyridine rings is 1. The number of carbonyl (C=O) groups is 1. The average Bonchev–Trinajstić information content (AvgIpc) is 3.20. The molecule has 3 aromatic rings. The molecular weight excluding hydrogens is 320 g/mol. The second-order valence-corrected chi connectivity index (χ2v) is 5.30. The molecule has 0 atom stereocenters. The van der Waals surface area contributed by atoms with Crippen LogP contribution in [0.4, 0.5) is 0 Å². The Morgan fingerprint density at radius 1 is 1.16 bits per heavy atom. The van der Waals surface area contributed by atoms with E-state index in [-0.39, 0.29) is 12.5 Å². The van der Waals surface area contributed by atoms with E-state index >= 15 is 0 Å².